The molecule has 2 aliphatic heterocycles. The maximum atomic E-state index is 14.4. The van der Waals surface area contributed by atoms with Crippen molar-refractivity contribution in [1.29, 1.82) is 5.26 Å². The van der Waals surface area contributed by atoms with E-state index in [-0.39, 0.29) is 11.7 Å². The highest BCUT2D eigenvalue weighted by molar-refractivity contribution is 5.88. The van der Waals surface area contributed by atoms with Crippen LogP contribution in [0.15, 0.2) is 54.2 Å². The number of nitrogens with one attached hydrogen (secondary N) is 2. The van der Waals surface area contributed by atoms with Crippen molar-refractivity contribution in [2.75, 3.05) is 26.2 Å². The number of ether oxygens (including phenoxy) is 1. The summed E-state index contributed by atoms with van der Waals surface area (Å²) >= 11 is 0. The molecule has 148 valence electrons. The number of hydrogen-bond donors (Lipinski definition) is 2. The molecule has 0 amide bonds. The van der Waals surface area contributed by atoms with E-state index < -0.39 is 5.82 Å². The van der Waals surface area contributed by atoms with Crippen molar-refractivity contribution in [1.82, 2.24) is 10.6 Å². The van der Waals surface area contributed by atoms with Crippen molar-refractivity contribution in [2.24, 2.45) is 0 Å². The van der Waals surface area contributed by atoms with Gasteiger partial charge in [0.2, 0.25) is 0 Å². The maximum Gasteiger partial charge on any atom is 0.141 e. The minimum Gasteiger partial charge on any atom is -0.387 e. The Bertz CT molecular complexity index is 1010. The lowest BCUT2D eigenvalue weighted by Gasteiger charge is -2.24. The van der Waals surface area contributed by atoms with Gasteiger partial charge in [-0.3, -0.25) is 0 Å². The van der Waals surface area contributed by atoms with Crippen LogP contribution in [0, 0.1) is 17.1 Å². The molecule has 2 aromatic carbocycles. The van der Waals surface area contributed by atoms with Crippen molar-refractivity contribution in [2.45, 2.75) is 19.4 Å². The van der Waals surface area contributed by atoms with Crippen molar-refractivity contribution < 1.29 is 9.13 Å². The van der Waals surface area contributed by atoms with E-state index in [4.69, 9.17) is 10.00 Å². The molecule has 29 heavy (non-hydrogen) atoms. The fraction of sp³-hybridized carbons (Fsp3) is 0.292. The van der Waals surface area contributed by atoms with Gasteiger partial charge in [0.1, 0.15) is 11.9 Å². The summed E-state index contributed by atoms with van der Waals surface area (Å²) in [6.45, 7) is 5.34. The summed E-state index contributed by atoms with van der Waals surface area (Å²) in [4.78, 5) is 0. The Kier molecular flexibility index (Phi) is 5.75. The SMILES string of the molecule is CC1=CCNC=C1c1ccc(CC2CNCCO2)cc1-c1ccc(C#N)c(F)c1. The molecule has 0 saturated carbocycles. The van der Waals surface area contributed by atoms with Crippen LogP contribution in [0.25, 0.3) is 16.7 Å². The number of dihydropyridines is 1. The predicted octanol–water partition coefficient (Wildman–Crippen LogP) is 3.79. The van der Waals surface area contributed by atoms with E-state index in [1.165, 1.54) is 11.6 Å². The second kappa shape index (κ2) is 8.60. The fourth-order valence-electron chi connectivity index (χ4n) is 3.87. The highest BCUT2D eigenvalue weighted by atomic mass is 19.1. The maximum absolute atomic E-state index is 14.4. The van der Waals surface area contributed by atoms with Crippen LogP contribution in [-0.2, 0) is 11.2 Å². The van der Waals surface area contributed by atoms with Gasteiger partial charge in [0, 0.05) is 31.4 Å². The number of nitriles is 1. The van der Waals surface area contributed by atoms with Crippen molar-refractivity contribution in [3.8, 4) is 17.2 Å². The van der Waals surface area contributed by atoms with Crippen LogP contribution in [0.2, 0.25) is 0 Å². The van der Waals surface area contributed by atoms with Gasteiger partial charge in [-0.25, -0.2) is 4.39 Å². The van der Waals surface area contributed by atoms with E-state index >= 15 is 0 Å². The summed E-state index contributed by atoms with van der Waals surface area (Å²) in [7, 11) is 0. The number of halogens is 1. The largest absolute Gasteiger partial charge is 0.387 e. The van der Waals surface area contributed by atoms with E-state index in [1.54, 1.807) is 6.07 Å². The summed E-state index contributed by atoms with van der Waals surface area (Å²) in [6.07, 6.45) is 5.10. The summed E-state index contributed by atoms with van der Waals surface area (Å²) < 4.78 is 20.2. The molecule has 2 heterocycles. The molecule has 1 fully saturated rings. The normalized spacial score (nSPS) is 19.0. The monoisotopic (exact) mass is 389 g/mol. The van der Waals surface area contributed by atoms with Gasteiger partial charge in [-0.2, -0.15) is 5.26 Å². The standard InChI is InChI=1S/C24H24FN3O/c1-16-6-7-27-15-23(16)21-5-2-17(10-20-14-28-8-9-29-20)11-22(21)18-3-4-19(13-26)24(25)12-18/h2-6,11-12,15,20,27-28H,7-10,14H2,1H3. The van der Waals surface area contributed by atoms with Crippen LogP contribution >= 0.6 is 0 Å². The average Bonchev–Trinajstić information content (AvgIpc) is 2.75. The molecule has 5 heteroatoms. The smallest absolute Gasteiger partial charge is 0.141 e. The van der Waals surface area contributed by atoms with Gasteiger partial charge < -0.3 is 15.4 Å². The van der Waals surface area contributed by atoms with E-state index in [0.29, 0.717) is 0 Å². The molecule has 0 radical (unpaired) electrons. The molecule has 4 rings (SSSR count). The lowest BCUT2D eigenvalue weighted by Crippen LogP contribution is -2.39. The summed E-state index contributed by atoms with van der Waals surface area (Å²) in [5.74, 6) is -0.496. The second-order valence-corrected chi connectivity index (χ2v) is 7.44. The Morgan fingerprint density at radius 3 is 2.83 bits per heavy atom. The molecule has 1 atom stereocenters. The number of morpholine rings is 1. The van der Waals surface area contributed by atoms with Gasteiger partial charge >= 0.3 is 0 Å². The fourth-order valence-corrected chi connectivity index (χ4v) is 3.87. The molecule has 0 bridgehead atoms. The number of benzene rings is 2. The molecule has 1 unspecified atom stereocenters. The third kappa shape index (κ3) is 4.24. The minimum atomic E-state index is -0.496. The summed E-state index contributed by atoms with van der Waals surface area (Å²) in [5.41, 5.74) is 6.25. The molecule has 2 N–H and O–H groups in total. The van der Waals surface area contributed by atoms with Crippen LogP contribution in [0.4, 0.5) is 4.39 Å². The third-order valence-corrected chi connectivity index (χ3v) is 5.44. The third-order valence-electron chi connectivity index (χ3n) is 5.44. The zero-order valence-corrected chi connectivity index (χ0v) is 16.5. The van der Waals surface area contributed by atoms with E-state index in [2.05, 4.69) is 41.8 Å². The molecule has 1 saturated heterocycles. The first kappa shape index (κ1) is 19.4. The van der Waals surface area contributed by atoms with E-state index in [0.717, 1.165) is 60.5 Å². The van der Waals surface area contributed by atoms with Crippen LogP contribution in [0.1, 0.15) is 23.6 Å². The topological polar surface area (TPSA) is 57.1 Å². The van der Waals surface area contributed by atoms with Crippen LogP contribution < -0.4 is 10.6 Å². The Balaban J connectivity index is 1.77. The quantitative estimate of drug-likeness (QED) is 0.836. The number of nitrogens with zero attached hydrogens (tertiary/aromatic N) is 1. The van der Waals surface area contributed by atoms with Crippen molar-refractivity contribution in [3.05, 3.63) is 76.8 Å². The molecule has 0 aromatic heterocycles. The summed E-state index contributed by atoms with van der Waals surface area (Å²) in [5, 5.41) is 15.7. The van der Waals surface area contributed by atoms with Crippen LogP contribution in [0.3, 0.4) is 0 Å². The first-order valence-corrected chi connectivity index (χ1v) is 9.92. The number of allylic oxidation sites excluding steroid dienone is 2. The van der Waals surface area contributed by atoms with Gasteiger partial charge in [0.05, 0.1) is 18.3 Å². The zero-order valence-electron chi connectivity index (χ0n) is 16.5. The van der Waals surface area contributed by atoms with Gasteiger partial charge in [-0.05, 0) is 53.3 Å². The van der Waals surface area contributed by atoms with Gasteiger partial charge in [0.15, 0.2) is 0 Å². The molecule has 0 aliphatic carbocycles. The lowest BCUT2D eigenvalue weighted by atomic mass is 9.88. The van der Waals surface area contributed by atoms with Crippen molar-refractivity contribution >= 4 is 5.57 Å². The lowest BCUT2D eigenvalue weighted by molar-refractivity contribution is 0.0292. The second-order valence-electron chi connectivity index (χ2n) is 7.44. The first-order valence-electron chi connectivity index (χ1n) is 9.92. The molecule has 4 nitrogen and oxygen atoms in total. The zero-order chi connectivity index (χ0) is 20.2. The first-order chi connectivity index (χ1) is 14.2. The Morgan fingerprint density at radius 2 is 2.10 bits per heavy atom. The predicted molar refractivity (Wildman–Crippen MR) is 113 cm³/mol. The molecular formula is C24H24FN3O. The van der Waals surface area contributed by atoms with Gasteiger partial charge in [-0.15, -0.1) is 0 Å². The Morgan fingerprint density at radius 1 is 1.21 bits per heavy atom. The highest BCUT2D eigenvalue weighted by Crippen LogP contribution is 2.35. The average molecular weight is 389 g/mol. The molecule has 0 spiro atoms. The molecule has 2 aromatic rings. The van der Waals surface area contributed by atoms with Gasteiger partial charge in [-0.1, -0.05) is 30.3 Å². The molecular weight excluding hydrogens is 365 g/mol. The Labute approximate surface area is 170 Å². The Hall–Kier alpha value is -2.94. The number of rotatable bonds is 4. The van der Waals surface area contributed by atoms with E-state index in [1.807, 2.05) is 18.3 Å². The highest BCUT2D eigenvalue weighted by Gasteiger charge is 2.18. The van der Waals surface area contributed by atoms with Crippen LogP contribution in [-0.4, -0.2) is 32.3 Å². The van der Waals surface area contributed by atoms with Crippen molar-refractivity contribution in [3.63, 3.8) is 0 Å². The van der Waals surface area contributed by atoms with Crippen LogP contribution in [0.5, 0.6) is 0 Å². The number of hydrogen-bond acceptors (Lipinski definition) is 4. The van der Waals surface area contributed by atoms with E-state index in [9.17, 15) is 4.39 Å². The van der Waals surface area contributed by atoms with Gasteiger partial charge in [0.25, 0.3) is 0 Å². The molecule has 2 aliphatic rings. The summed E-state index contributed by atoms with van der Waals surface area (Å²) in [6, 6.07) is 13.1. The minimum absolute atomic E-state index is 0.0581.